The fraction of sp³-hybridized carbons (Fsp3) is 0.467. The number of carboxylic acids is 1. The van der Waals surface area contributed by atoms with Crippen molar-refractivity contribution < 1.29 is 14.7 Å². The topological polar surface area (TPSA) is 90.5 Å². The SMILES string of the molecule is CCNCCN[C@H](CC(=O)O)C(=O)Nc1ccccc1C. The Labute approximate surface area is 124 Å². The van der Waals surface area contributed by atoms with Gasteiger partial charge < -0.3 is 21.1 Å². The van der Waals surface area contributed by atoms with Crippen LogP contribution in [-0.2, 0) is 9.59 Å². The highest BCUT2D eigenvalue weighted by molar-refractivity contribution is 5.97. The van der Waals surface area contributed by atoms with Gasteiger partial charge in [-0.3, -0.25) is 9.59 Å². The maximum atomic E-state index is 12.2. The second-order valence-corrected chi connectivity index (χ2v) is 4.76. The Morgan fingerprint density at radius 3 is 2.57 bits per heavy atom. The number of anilines is 1. The molecule has 0 saturated carbocycles. The van der Waals surface area contributed by atoms with Crippen molar-refractivity contribution in [2.45, 2.75) is 26.3 Å². The number of rotatable bonds is 9. The molecular weight excluding hydrogens is 270 g/mol. The van der Waals surface area contributed by atoms with Crippen LogP contribution in [0.1, 0.15) is 18.9 Å². The van der Waals surface area contributed by atoms with Gasteiger partial charge in [0.25, 0.3) is 0 Å². The van der Waals surface area contributed by atoms with Crippen LogP contribution >= 0.6 is 0 Å². The van der Waals surface area contributed by atoms with E-state index in [0.29, 0.717) is 18.8 Å². The highest BCUT2D eigenvalue weighted by Crippen LogP contribution is 2.13. The van der Waals surface area contributed by atoms with Gasteiger partial charge >= 0.3 is 5.97 Å². The molecule has 6 nitrogen and oxygen atoms in total. The lowest BCUT2D eigenvalue weighted by Gasteiger charge is -2.17. The molecular formula is C15H23N3O3. The van der Waals surface area contributed by atoms with E-state index in [0.717, 1.165) is 12.1 Å². The summed E-state index contributed by atoms with van der Waals surface area (Å²) >= 11 is 0. The Bertz CT molecular complexity index is 477. The molecule has 1 rings (SSSR count). The van der Waals surface area contributed by atoms with Gasteiger partial charge in [-0.1, -0.05) is 25.1 Å². The second-order valence-electron chi connectivity index (χ2n) is 4.76. The molecule has 0 heterocycles. The monoisotopic (exact) mass is 293 g/mol. The molecule has 0 aliphatic heterocycles. The third-order valence-corrected chi connectivity index (χ3v) is 3.04. The summed E-state index contributed by atoms with van der Waals surface area (Å²) in [5.74, 6) is -1.33. The molecule has 1 aromatic rings. The quantitative estimate of drug-likeness (QED) is 0.510. The van der Waals surface area contributed by atoms with Crippen LogP contribution in [0.15, 0.2) is 24.3 Å². The van der Waals surface area contributed by atoms with E-state index < -0.39 is 12.0 Å². The molecule has 0 saturated heterocycles. The second kappa shape index (κ2) is 9.10. The van der Waals surface area contributed by atoms with E-state index in [1.165, 1.54) is 0 Å². The molecule has 1 aromatic carbocycles. The first-order valence-corrected chi connectivity index (χ1v) is 7.07. The highest BCUT2D eigenvalue weighted by Gasteiger charge is 2.21. The summed E-state index contributed by atoms with van der Waals surface area (Å²) in [5.41, 5.74) is 1.64. The van der Waals surface area contributed by atoms with Gasteiger partial charge in [-0.25, -0.2) is 0 Å². The largest absolute Gasteiger partial charge is 0.481 e. The van der Waals surface area contributed by atoms with Gasteiger partial charge in [-0.2, -0.15) is 0 Å². The normalized spacial score (nSPS) is 11.9. The van der Waals surface area contributed by atoms with Crippen LogP contribution in [0.5, 0.6) is 0 Å². The standard InChI is InChI=1S/C15H23N3O3/c1-3-16-8-9-17-13(10-14(19)20)15(21)18-12-7-5-4-6-11(12)2/h4-7,13,16-17H,3,8-10H2,1-2H3,(H,18,21)(H,19,20)/t13-/m1/s1. The van der Waals surface area contributed by atoms with Crippen molar-refractivity contribution >= 4 is 17.6 Å². The molecule has 6 heteroatoms. The molecule has 0 aliphatic rings. The van der Waals surface area contributed by atoms with Crippen LogP contribution in [0.25, 0.3) is 0 Å². The average Bonchev–Trinajstić information content (AvgIpc) is 2.44. The number of hydrogen-bond acceptors (Lipinski definition) is 4. The van der Waals surface area contributed by atoms with Crippen LogP contribution in [0.3, 0.4) is 0 Å². The number of likely N-dealkylation sites (N-methyl/N-ethyl adjacent to an activating group) is 1. The highest BCUT2D eigenvalue weighted by atomic mass is 16.4. The molecule has 0 aromatic heterocycles. The number of carbonyl (C=O) groups is 2. The number of benzene rings is 1. The minimum atomic E-state index is -1.00. The molecule has 4 N–H and O–H groups in total. The zero-order valence-electron chi connectivity index (χ0n) is 12.5. The Hall–Kier alpha value is -1.92. The van der Waals surface area contributed by atoms with Crippen molar-refractivity contribution in [1.29, 1.82) is 0 Å². The Balaban J connectivity index is 2.62. The zero-order chi connectivity index (χ0) is 15.7. The van der Waals surface area contributed by atoms with E-state index >= 15 is 0 Å². The lowest BCUT2D eigenvalue weighted by Crippen LogP contribution is -2.44. The predicted molar refractivity (Wildman–Crippen MR) is 82.4 cm³/mol. The number of carboxylic acid groups (broad SMARTS) is 1. The van der Waals surface area contributed by atoms with Crippen LogP contribution in [-0.4, -0.2) is 42.7 Å². The van der Waals surface area contributed by atoms with Gasteiger partial charge in [0.1, 0.15) is 0 Å². The van der Waals surface area contributed by atoms with E-state index in [9.17, 15) is 9.59 Å². The Morgan fingerprint density at radius 1 is 1.24 bits per heavy atom. The third kappa shape index (κ3) is 6.37. The van der Waals surface area contributed by atoms with Crippen LogP contribution in [0, 0.1) is 6.92 Å². The summed E-state index contributed by atoms with van der Waals surface area (Å²) in [6, 6.07) is 6.65. The average molecular weight is 293 g/mol. The summed E-state index contributed by atoms with van der Waals surface area (Å²) in [4.78, 5) is 23.1. The van der Waals surface area contributed by atoms with Crippen molar-refractivity contribution in [1.82, 2.24) is 10.6 Å². The summed E-state index contributed by atoms with van der Waals surface area (Å²) in [7, 11) is 0. The maximum Gasteiger partial charge on any atom is 0.305 e. The molecule has 0 unspecified atom stereocenters. The molecule has 0 bridgehead atoms. The zero-order valence-corrected chi connectivity index (χ0v) is 12.5. The summed E-state index contributed by atoms with van der Waals surface area (Å²) < 4.78 is 0. The van der Waals surface area contributed by atoms with Crippen molar-refractivity contribution in [3.8, 4) is 0 Å². The van der Waals surface area contributed by atoms with Gasteiger partial charge in [0.15, 0.2) is 0 Å². The first-order valence-electron chi connectivity index (χ1n) is 7.07. The summed E-state index contributed by atoms with van der Waals surface area (Å²) in [6.45, 7) is 5.93. The number of para-hydroxylation sites is 1. The van der Waals surface area contributed by atoms with E-state index in [2.05, 4.69) is 16.0 Å². The Kier molecular flexibility index (Phi) is 7.42. The first-order chi connectivity index (χ1) is 10.0. The van der Waals surface area contributed by atoms with E-state index in [1.807, 2.05) is 32.0 Å². The van der Waals surface area contributed by atoms with Gasteiger partial charge in [0.2, 0.25) is 5.91 Å². The minimum Gasteiger partial charge on any atom is -0.481 e. The molecule has 21 heavy (non-hydrogen) atoms. The molecule has 1 amide bonds. The van der Waals surface area contributed by atoms with Gasteiger partial charge in [0.05, 0.1) is 12.5 Å². The number of amides is 1. The van der Waals surface area contributed by atoms with E-state index in [4.69, 9.17) is 5.11 Å². The van der Waals surface area contributed by atoms with Crippen molar-refractivity contribution in [3.63, 3.8) is 0 Å². The van der Waals surface area contributed by atoms with Crippen molar-refractivity contribution in [3.05, 3.63) is 29.8 Å². The first kappa shape index (κ1) is 17.1. The molecule has 116 valence electrons. The van der Waals surface area contributed by atoms with Gasteiger partial charge in [0, 0.05) is 18.8 Å². The van der Waals surface area contributed by atoms with E-state index in [1.54, 1.807) is 6.07 Å². The molecule has 0 fully saturated rings. The van der Waals surface area contributed by atoms with Crippen LogP contribution in [0.2, 0.25) is 0 Å². The summed E-state index contributed by atoms with van der Waals surface area (Å²) in [6.07, 6.45) is -0.246. The molecule has 1 atom stereocenters. The predicted octanol–water partition coefficient (Wildman–Crippen LogP) is 0.976. The third-order valence-electron chi connectivity index (χ3n) is 3.04. The van der Waals surface area contributed by atoms with Crippen LogP contribution in [0.4, 0.5) is 5.69 Å². The molecule has 0 radical (unpaired) electrons. The lowest BCUT2D eigenvalue weighted by atomic mass is 10.1. The molecule has 0 spiro atoms. The minimum absolute atomic E-state index is 0.246. The van der Waals surface area contributed by atoms with Crippen molar-refractivity contribution in [2.75, 3.05) is 25.0 Å². The number of carbonyl (C=O) groups excluding carboxylic acids is 1. The number of aliphatic carboxylic acids is 1. The lowest BCUT2D eigenvalue weighted by molar-refractivity contribution is -0.139. The number of nitrogens with one attached hydrogen (secondary N) is 3. The molecule has 0 aliphatic carbocycles. The number of hydrogen-bond donors (Lipinski definition) is 4. The van der Waals surface area contributed by atoms with Gasteiger partial charge in [-0.05, 0) is 25.1 Å². The summed E-state index contributed by atoms with van der Waals surface area (Å²) in [5, 5.41) is 17.8. The van der Waals surface area contributed by atoms with Crippen molar-refractivity contribution in [2.24, 2.45) is 0 Å². The number of aryl methyl sites for hydroxylation is 1. The fourth-order valence-corrected chi connectivity index (χ4v) is 1.88. The smallest absolute Gasteiger partial charge is 0.305 e. The Morgan fingerprint density at radius 2 is 1.95 bits per heavy atom. The fourth-order valence-electron chi connectivity index (χ4n) is 1.88. The van der Waals surface area contributed by atoms with E-state index in [-0.39, 0.29) is 12.3 Å². The van der Waals surface area contributed by atoms with Crippen LogP contribution < -0.4 is 16.0 Å². The maximum absolute atomic E-state index is 12.2. The van der Waals surface area contributed by atoms with Gasteiger partial charge in [-0.15, -0.1) is 0 Å².